The van der Waals surface area contributed by atoms with Gasteiger partial charge in [0.1, 0.15) is 17.3 Å². The number of nitrogens with one attached hydrogen (secondary N) is 2. The fourth-order valence-electron chi connectivity index (χ4n) is 2.20. The molecule has 5 nitrogen and oxygen atoms in total. The highest BCUT2D eigenvalue weighted by Crippen LogP contribution is 2.07. The molecular formula is C19H17FN4O. The van der Waals surface area contributed by atoms with Crippen molar-refractivity contribution < 1.29 is 9.18 Å². The summed E-state index contributed by atoms with van der Waals surface area (Å²) in [6, 6.07) is 15.8. The Balaban J connectivity index is 1.52. The van der Waals surface area contributed by atoms with Gasteiger partial charge in [0, 0.05) is 13.1 Å². The summed E-state index contributed by atoms with van der Waals surface area (Å²) in [4.78, 5) is 20.4. The number of nitrogens with zero attached hydrogens (tertiary/aromatic N) is 2. The molecule has 3 aromatic rings. The molecule has 126 valence electrons. The Morgan fingerprint density at radius 2 is 1.60 bits per heavy atom. The zero-order chi connectivity index (χ0) is 17.5. The lowest BCUT2D eigenvalue weighted by Crippen LogP contribution is -2.24. The van der Waals surface area contributed by atoms with E-state index in [0.717, 1.165) is 11.1 Å². The van der Waals surface area contributed by atoms with Crippen LogP contribution in [0.25, 0.3) is 0 Å². The number of hydrogen-bond acceptors (Lipinski definition) is 4. The Kier molecular flexibility index (Phi) is 5.31. The molecule has 0 saturated carbocycles. The largest absolute Gasteiger partial charge is 0.365 e. The zero-order valence-electron chi connectivity index (χ0n) is 13.4. The first kappa shape index (κ1) is 16.6. The monoisotopic (exact) mass is 336 g/mol. The van der Waals surface area contributed by atoms with E-state index in [4.69, 9.17) is 0 Å². The van der Waals surface area contributed by atoms with Crippen LogP contribution in [0.5, 0.6) is 0 Å². The quantitative estimate of drug-likeness (QED) is 0.726. The SMILES string of the molecule is O=C(NCc1ccccc1)c1cnc(NCc2ccc(F)cc2)cn1. The number of rotatable bonds is 6. The maximum absolute atomic E-state index is 12.9. The van der Waals surface area contributed by atoms with E-state index in [1.54, 1.807) is 12.1 Å². The molecule has 6 heteroatoms. The Morgan fingerprint density at radius 3 is 2.28 bits per heavy atom. The Hall–Kier alpha value is -3.28. The minimum Gasteiger partial charge on any atom is -0.365 e. The number of benzene rings is 2. The van der Waals surface area contributed by atoms with Crippen molar-refractivity contribution in [2.45, 2.75) is 13.1 Å². The Morgan fingerprint density at radius 1 is 0.880 bits per heavy atom. The normalized spacial score (nSPS) is 10.3. The molecule has 2 N–H and O–H groups in total. The van der Waals surface area contributed by atoms with E-state index in [0.29, 0.717) is 18.9 Å². The van der Waals surface area contributed by atoms with Crippen LogP contribution in [0.15, 0.2) is 67.0 Å². The fraction of sp³-hybridized carbons (Fsp3) is 0.105. The van der Waals surface area contributed by atoms with Gasteiger partial charge in [0.25, 0.3) is 5.91 Å². The minimum absolute atomic E-state index is 0.253. The molecule has 0 bridgehead atoms. The predicted octanol–water partition coefficient (Wildman–Crippen LogP) is 3.16. The van der Waals surface area contributed by atoms with Crippen molar-refractivity contribution >= 4 is 11.7 Å². The number of amides is 1. The van der Waals surface area contributed by atoms with E-state index in [1.165, 1.54) is 24.5 Å². The molecule has 0 atom stereocenters. The Bertz CT molecular complexity index is 820. The first-order valence-electron chi connectivity index (χ1n) is 7.83. The third-order valence-electron chi connectivity index (χ3n) is 3.57. The fourth-order valence-corrected chi connectivity index (χ4v) is 2.20. The second-order valence-electron chi connectivity index (χ2n) is 5.44. The van der Waals surface area contributed by atoms with Gasteiger partial charge in [-0.2, -0.15) is 0 Å². The van der Waals surface area contributed by atoms with Gasteiger partial charge >= 0.3 is 0 Å². The van der Waals surface area contributed by atoms with Crippen molar-refractivity contribution in [1.82, 2.24) is 15.3 Å². The van der Waals surface area contributed by atoms with Crippen LogP contribution in [0.1, 0.15) is 21.6 Å². The summed E-state index contributed by atoms with van der Waals surface area (Å²) < 4.78 is 12.9. The molecule has 1 heterocycles. The second-order valence-corrected chi connectivity index (χ2v) is 5.44. The van der Waals surface area contributed by atoms with Crippen LogP contribution in [-0.4, -0.2) is 15.9 Å². The number of aromatic nitrogens is 2. The third-order valence-corrected chi connectivity index (χ3v) is 3.57. The van der Waals surface area contributed by atoms with Crippen molar-refractivity contribution in [3.05, 3.63) is 89.6 Å². The Labute approximate surface area is 145 Å². The highest BCUT2D eigenvalue weighted by atomic mass is 19.1. The molecule has 0 saturated heterocycles. The number of anilines is 1. The van der Waals surface area contributed by atoms with E-state index >= 15 is 0 Å². The van der Waals surface area contributed by atoms with Gasteiger partial charge in [0.15, 0.2) is 0 Å². The third kappa shape index (κ3) is 4.84. The van der Waals surface area contributed by atoms with Crippen molar-refractivity contribution in [3.63, 3.8) is 0 Å². The lowest BCUT2D eigenvalue weighted by atomic mass is 10.2. The van der Waals surface area contributed by atoms with E-state index in [9.17, 15) is 9.18 Å². The highest BCUT2D eigenvalue weighted by Gasteiger charge is 2.07. The first-order chi connectivity index (χ1) is 12.2. The molecule has 25 heavy (non-hydrogen) atoms. The molecule has 0 radical (unpaired) electrons. The molecule has 3 rings (SSSR count). The molecule has 0 unspecified atom stereocenters. The molecule has 0 aliphatic heterocycles. The lowest BCUT2D eigenvalue weighted by molar-refractivity contribution is 0.0945. The van der Waals surface area contributed by atoms with Gasteiger partial charge < -0.3 is 10.6 Å². The summed E-state index contributed by atoms with van der Waals surface area (Å²) in [5, 5.41) is 5.88. The van der Waals surface area contributed by atoms with Crippen LogP contribution in [0, 0.1) is 5.82 Å². The summed E-state index contributed by atoms with van der Waals surface area (Å²) in [5.74, 6) is -0.000202. The van der Waals surface area contributed by atoms with Gasteiger partial charge in [-0.3, -0.25) is 4.79 Å². The van der Waals surface area contributed by atoms with Crippen molar-refractivity contribution in [2.75, 3.05) is 5.32 Å². The van der Waals surface area contributed by atoms with E-state index in [1.807, 2.05) is 30.3 Å². The van der Waals surface area contributed by atoms with E-state index in [2.05, 4.69) is 20.6 Å². The average Bonchev–Trinajstić information content (AvgIpc) is 2.67. The van der Waals surface area contributed by atoms with Crippen LogP contribution >= 0.6 is 0 Å². The van der Waals surface area contributed by atoms with Crippen molar-refractivity contribution in [1.29, 1.82) is 0 Å². The summed E-state index contributed by atoms with van der Waals surface area (Å²) >= 11 is 0. The van der Waals surface area contributed by atoms with Gasteiger partial charge in [-0.1, -0.05) is 42.5 Å². The molecule has 1 amide bonds. The topological polar surface area (TPSA) is 66.9 Å². The predicted molar refractivity (Wildman–Crippen MR) is 93.4 cm³/mol. The van der Waals surface area contributed by atoms with E-state index in [-0.39, 0.29) is 17.4 Å². The van der Waals surface area contributed by atoms with Crippen molar-refractivity contribution in [2.24, 2.45) is 0 Å². The first-order valence-corrected chi connectivity index (χ1v) is 7.83. The highest BCUT2D eigenvalue weighted by molar-refractivity contribution is 5.91. The summed E-state index contributed by atoms with van der Waals surface area (Å²) in [6.07, 6.45) is 2.92. The zero-order valence-corrected chi connectivity index (χ0v) is 13.4. The molecular weight excluding hydrogens is 319 g/mol. The van der Waals surface area contributed by atoms with Gasteiger partial charge in [0.2, 0.25) is 0 Å². The van der Waals surface area contributed by atoms with Crippen LogP contribution in [-0.2, 0) is 13.1 Å². The maximum atomic E-state index is 12.9. The van der Waals surface area contributed by atoms with Crippen LogP contribution in [0.4, 0.5) is 10.2 Å². The molecule has 1 aromatic heterocycles. The standard InChI is InChI=1S/C19H17FN4O/c20-16-8-6-15(7-9-16)10-22-18-13-21-17(12-23-18)19(25)24-11-14-4-2-1-3-5-14/h1-9,12-13H,10-11H2,(H,22,23)(H,24,25). The van der Waals surface area contributed by atoms with E-state index < -0.39 is 0 Å². The van der Waals surface area contributed by atoms with Crippen LogP contribution in [0.2, 0.25) is 0 Å². The van der Waals surface area contributed by atoms with Gasteiger partial charge in [-0.05, 0) is 23.3 Å². The summed E-state index contributed by atoms with van der Waals surface area (Å²) in [7, 11) is 0. The number of halogens is 1. The molecule has 0 spiro atoms. The second kappa shape index (κ2) is 8.01. The van der Waals surface area contributed by atoms with Gasteiger partial charge in [-0.25, -0.2) is 14.4 Å². The van der Waals surface area contributed by atoms with Gasteiger partial charge in [-0.15, -0.1) is 0 Å². The number of carbonyl (C=O) groups is 1. The molecule has 2 aromatic carbocycles. The van der Waals surface area contributed by atoms with Crippen LogP contribution < -0.4 is 10.6 Å². The molecule has 0 aliphatic carbocycles. The van der Waals surface area contributed by atoms with Crippen LogP contribution in [0.3, 0.4) is 0 Å². The molecule has 0 aliphatic rings. The number of carbonyl (C=O) groups excluding carboxylic acids is 1. The minimum atomic E-state index is -0.276. The average molecular weight is 336 g/mol. The summed E-state index contributed by atoms with van der Waals surface area (Å²) in [5.41, 5.74) is 2.19. The smallest absolute Gasteiger partial charge is 0.271 e. The number of hydrogen-bond donors (Lipinski definition) is 2. The molecule has 0 fully saturated rings. The summed E-state index contributed by atoms with van der Waals surface area (Å²) in [6.45, 7) is 0.931. The maximum Gasteiger partial charge on any atom is 0.271 e. The van der Waals surface area contributed by atoms with Gasteiger partial charge in [0.05, 0.1) is 12.4 Å². The lowest BCUT2D eigenvalue weighted by Gasteiger charge is -2.07. The van der Waals surface area contributed by atoms with Crippen molar-refractivity contribution in [3.8, 4) is 0 Å².